The third-order valence-corrected chi connectivity index (χ3v) is 10.1. The number of fused-ring (bicyclic) bond motifs is 1. The van der Waals surface area contributed by atoms with Crippen molar-refractivity contribution >= 4 is 50.0 Å². The molecule has 0 aliphatic carbocycles. The summed E-state index contributed by atoms with van der Waals surface area (Å²) in [6.07, 6.45) is 2.67. The molecule has 0 bridgehead atoms. The monoisotopic (exact) mass is 587 g/mol. The van der Waals surface area contributed by atoms with E-state index in [4.69, 9.17) is 9.47 Å². The van der Waals surface area contributed by atoms with Crippen LogP contribution in [0.15, 0.2) is 46.8 Å². The van der Waals surface area contributed by atoms with Crippen LogP contribution in [0.4, 0.5) is 0 Å². The molecule has 3 heterocycles. The summed E-state index contributed by atoms with van der Waals surface area (Å²) in [6, 6.07) is 9.36. The highest BCUT2D eigenvalue weighted by atomic mass is 32.2. The first-order chi connectivity index (χ1) is 18.9. The molecule has 0 unspecified atom stereocenters. The molecule has 1 amide bonds. The third kappa shape index (κ3) is 5.91. The number of aromatic nitrogens is 3. The summed E-state index contributed by atoms with van der Waals surface area (Å²) in [7, 11) is -2.57. The Hall–Kier alpha value is -3.13. The van der Waals surface area contributed by atoms with Gasteiger partial charge in [0.2, 0.25) is 15.9 Å². The molecular formula is C26H29N5O5S3. The Bertz CT molecular complexity index is 1570. The lowest BCUT2D eigenvalue weighted by atomic mass is 10.1. The van der Waals surface area contributed by atoms with Gasteiger partial charge in [-0.1, -0.05) is 12.1 Å². The van der Waals surface area contributed by atoms with Gasteiger partial charge in [0.25, 0.3) is 0 Å². The van der Waals surface area contributed by atoms with E-state index in [1.54, 1.807) is 48.8 Å². The predicted octanol–water partition coefficient (Wildman–Crippen LogP) is 3.95. The van der Waals surface area contributed by atoms with Crippen LogP contribution in [-0.4, -0.2) is 58.7 Å². The first-order valence-corrected chi connectivity index (χ1v) is 15.6. The molecule has 1 fully saturated rings. The molecule has 1 atom stereocenters. The zero-order chi connectivity index (χ0) is 27.4. The van der Waals surface area contributed by atoms with E-state index >= 15 is 0 Å². The molecule has 0 saturated carbocycles. The van der Waals surface area contributed by atoms with Gasteiger partial charge in [0.15, 0.2) is 11.5 Å². The topological polar surface area (TPSA) is 124 Å². The minimum atomic E-state index is -4.12. The van der Waals surface area contributed by atoms with E-state index in [-0.39, 0.29) is 17.3 Å². The van der Waals surface area contributed by atoms with E-state index in [9.17, 15) is 13.2 Å². The Kier molecular flexibility index (Phi) is 8.40. The van der Waals surface area contributed by atoms with E-state index in [1.807, 2.05) is 12.4 Å². The molecule has 0 radical (unpaired) electrons. The SMILES string of the molecule is COc1cc(CN([C@H]2CCCCNC2=O)S(=O)(=O)c2cccc3nsnc23)ccc1OCCc1scnc1C. The van der Waals surface area contributed by atoms with Gasteiger partial charge in [-0.2, -0.15) is 13.1 Å². The molecule has 10 nitrogen and oxygen atoms in total. The summed E-state index contributed by atoms with van der Waals surface area (Å²) in [6.45, 7) is 2.93. The lowest BCUT2D eigenvalue weighted by molar-refractivity contribution is -0.124. The van der Waals surface area contributed by atoms with E-state index in [2.05, 4.69) is 19.0 Å². The average molecular weight is 588 g/mol. The summed E-state index contributed by atoms with van der Waals surface area (Å²) in [5.74, 6) is 0.746. The number of nitrogens with one attached hydrogen (secondary N) is 1. The van der Waals surface area contributed by atoms with Gasteiger partial charge in [0.05, 0.1) is 36.6 Å². The lowest BCUT2D eigenvalue weighted by Crippen LogP contribution is -2.48. The van der Waals surface area contributed by atoms with Gasteiger partial charge in [-0.3, -0.25) is 4.79 Å². The number of amides is 1. The van der Waals surface area contributed by atoms with Crippen molar-refractivity contribution < 1.29 is 22.7 Å². The number of nitrogens with zero attached hydrogens (tertiary/aromatic N) is 4. The lowest BCUT2D eigenvalue weighted by Gasteiger charge is -2.29. The molecule has 2 aromatic carbocycles. The van der Waals surface area contributed by atoms with Gasteiger partial charge in [-0.05, 0) is 56.0 Å². The standard InChI is InChI=1S/C26H29N5O5S3/c1-17-23(37-16-28-17)11-13-36-21-10-9-18(14-22(21)35-2)15-31(20-7-3-4-12-27-26(20)32)39(33,34)24-8-5-6-19-25(24)30-38-29-19/h5-6,8-10,14,16,20H,3-4,7,11-13,15H2,1-2H3,(H,27,32)/t20-/m0/s1. The number of ether oxygens (including phenoxy) is 2. The average Bonchev–Trinajstić information content (AvgIpc) is 3.52. The second-order valence-electron chi connectivity index (χ2n) is 9.19. The highest BCUT2D eigenvalue weighted by molar-refractivity contribution is 7.89. The first kappa shape index (κ1) is 27.4. The van der Waals surface area contributed by atoms with E-state index in [0.717, 1.165) is 36.7 Å². The van der Waals surface area contributed by atoms with Gasteiger partial charge in [-0.15, -0.1) is 11.3 Å². The number of benzene rings is 2. The Labute approximate surface area is 235 Å². The van der Waals surface area contributed by atoms with Crippen LogP contribution in [0.2, 0.25) is 0 Å². The fourth-order valence-corrected chi connectivity index (χ4v) is 7.73. The number of rotatable bonds is 10. The number of carbonyl (C=O) groups excluding carboxylic acids is 1. The summed E-state index contributed by atoms with van der Waals surface area (Å²) in [5.41, 5.74) is 4.29. The molecule has 1 saturated heterocycles. The van der Waals surface area contributed by atoms with Crippen LogP contribution in [0.5, 0.6) is 11.5 Å². The molecule has 4 aromatic rings. The van der Waals surface area contributed by atoms with Crippen LogP contribution in [-0.2, 0) is 27.8 Å². The molecular weight excluding hydrogens is 559 g/mol. The summed E-state index contributed by atoms with van der Waals surface area (Å²) in [4.78, 5) is 18.5. The number of aryl methyl sites for hydroxylation is 1. The molecule has 1 aliphatic rings. The van der Waals surface area contributed by atoms with Crippen molar-refractivity contribution in [2.75, 3.05) is 20.3 Å². The highest BCUT2D eigenvalue weighted by Gasteiger charge is 2.38. The number of sulfonamides is 1. The van der Waals surface area contributed by atoms with Crippen molar-refractivity contribution in [3.63, 3.8) is 0 Å². The second kappa shape index (κ2) is 11.9. The van der Waals surface area contributed by atoms with Crippen molar-refractivity contribution in [3.8, 4) is 11.5 Å². The van der Waals surface area contributed by atoms with E-state index < -0.39 is 16.1 Å². The maximum atomic E-state index is 14.1. The minimum Gasteiger partial charge on any atom is -0.493 e. The van der Waals surface area contributed by atoms with Crippen LogP contribution >= 0.6 is 23.1 Å². The summed E-state index contributed by atoms with van der Waals surface area (Å²) < 4.78 is 49.5. The quantitative estimate of drug-likeness (QED) is 0.296. The number of hydrogen-bond donors (Lipinski definition) is 1. The van der Waals surface area contributed by atoms with Crippen molar-refractivity contribution in [3.05, 3.63) is 58.0 Å². The van der Waals surface area contributed by atoms with Gasteiger partial charge >= 0.3 is 0 Å². The van der Waals surface area contributed by atoms with E-state index in [0.29, 0.717) is 47.7 Å². The van der Waals surface area contributed by atoms with Crippen LogP contribution in [0.25, 0.3) is 11.0 Å². The van der Waals surface area contributed by atoms with Gasteiger partial charge < -0.3 is 14.8 Å². The predicted molar refractivity (Wildman–Crippen MR) is 150 cm³/mol. The smallest absolute Gasteiger partial charge is 0.246 e. The largest absolute Gasteiger partial charge is 0.493 e. The molecule has 5 rings (SSSR count). The second-order valence-corrected chi connectivity index (χ2v) is 12.5. The zero-order valence-electron chi connectivity index (χ0n) is 21.6. The Balaban J connectivity index is 1.44. The van der Waals surface area contributed by atoms with Crippen molar-refractivity contribution in [1.29, 1.82) is 0 Å². The minimum absolute atomic E-state index is 0.0227. The maximum Gasteiger partial charge on any atom is 0.246 e. The van der Waals surface area contributed by atoms with Gasteiger partial charge in [-0.25, -0.2) is 13.4 Å². The summed E-state index contributed by atoms with van der Waals surface area (Å²) in [5, 5.41) is 2.87. The zero-order valence-corrected chi connectivity index (χ0v) is 24.1. The van der Waals surface area contributed by atoms with Gasteiger partial charge in [0, 0.05) is 24.4 Å². The summed E-state index contributed by atoms with van der Waals surface area (Å²) >= 11 is 2.55. The molecule has 13 heteroatoms. The number of thiazole rings is 1. The maximum absolute atomic E-state index is 14.1. The number of hydrogen-bond acceptors (Lipinski definition) is 10. The van der Waals surface area contributed by atoms with Crippen molar-refractivity contribution in [2.45, 2.75) is 50.1 Å². The Morgan fingerprint density at radius 3 is 2.82 bits per heavy atom. The van der Waals surface area contributed by atoms with Gasteiger partial charge in [0.1, 0.15) is 22.0 Å². The molecule has 1 aliphatic heterocycles. The normalized spacial score (nSPS) is 16.3. The molecule has 0 spiro atoms. The highest BCUT2D eigenvalue weighted by Crippen LogP contribution is 2.32. The van der Waals surface area contributed by atoms with Crippen LogP contribution < -0.4 is 14.8 Å². The Morgan fingerprint density at radius 1 is 1.15 bits per heavy atom. The number of carbonyl (C=O) groups is 1. The molecule has 1 N–H and O–H groups in total. The first-order valence-electron chi connectivity index (χ1n) is 12.6. The van der Waals surface area contributed by atoms with Crippen molar-refractivity contribution in [1.82, 2.24) is 23.4 Å². The molecule has 2 aromatic heterocycles. The van der Waals surface area contributed by atoms with E-state index in [1.165, 1.54) is 15.2 Å². The van der Waals surface area contributed by atoms with Crippen LogP contribution in [0.3, 0.4) is 0 Å². The van der Waals surface area contributed by atoms with Crippen molar-refractivity contribution in [2.24, 2.45) is 0 Å². The fourth-order valence-electron chi connectivity index (χ4n) is 4.61. The number of methoxy groups -OCH3 is 1. The molecule has 39 heavy (non-hydrogen) atoms. The van der Waals surface area contributed by atoms with Crippen LogP contribution in [0.1, 0.15) is 35.4 Å². The molecule has 206 valence electrons. The Morgan fingerprint density at radius 2 is 2.03 bits per heavy atom. The van der Waals surface area contributed by atoms with Crippen LogP contribution in [0, 0.1) is 6.92 Å². The fraction of sp³-hybridized carbons (Fsp3) is 0.385. The third-order valence-electron chi connectivity index (χ3n) is 6.69.